The molecule has 3 rings (SSSR count). The van der Waals surface area contributed by atoms with Crippen LogP contribution in [0.3, 0.4) is 0 Å². The van der Waals surface area contributed by atoms with Crippen molar-refractivity contribution in [3.63, 3.8) is 0 Å². The quantitative estimate of drug-likeness (QED) is 0.852. The molecule has 23 heavy (non-hydrogen) atoms. The molecule has 2 aliphatic rings. The normalized spacial score (nSPS) is 21.7. The van der Waals surface area contributed by atoms with Crippen LogP contribution in [0.15, 0.2) is 5.03 Å². The van der Waals surface area contributed by atoms with Crippen molar-refractivity contribution in [2.75, 3.05) is 6.61 Å². The summed E-state index contributed by atoms with van der Waals surface area (Å²) >= 11 is 0. The summed E-state index contributed by atoms with van der Waals surface area (Å²) in [6, 6.07) is -0.0480. The van der Waals surface area contributed by atoms with Gasteiger partial charge in [-0.15, -0.1) is 0 Å². The molecule has 1 aliphatic heterocycles. The Labute approximate surface area is 138 Å². The average molecular weight is 341 g/mol. The number of ether oxygens (including phenoxy) is 1. The van der Waals surface area contributed by atoms with Crippen LogP contribution in [0.1, 0.15) is 56.7 Å². The summed E-state index contributed by atoms with van der Waals surface area (Å²) in [6.45, 7) is 2.93. The van der Waals surface area contributed by atoms with E-state index in [1.165, 1.54) is 30.4 Å². The van der Waals surface area contributed by atoms with E-state index in [-0.39, 0.29) is 11.1 Å². The molecule has 1 aromatic heterocycles. The van der Waals surface area contributed by atoms with Crippen LogP contribution in [0.5, 0.6) is 0 Å². The Bertz CT molecular complexity index is 646. The fraction of sp³-hybridized carbons (Fsp3) is 0.812. The van der Waals surface area contributed by atoms with Gasteiger partial charge in [0, 0.05) is 25.1 Å². The zero-order chi connectivity index (χ0) is 16.4. The van der Waals surface area contributed by atoms with Crippen LogP contribution in [-0.4, -0.2) is 30.8 Å². The fourth-order valence-corrected chi connectivity index (χ4v) is 5.52. The highest BCUT2D eigenvalue weighted by Crippen LogP contribution is 2.28. The van der Waals surface area contributed by atoms with Gasteiger partial charge in [-0.05, 0) is 25.7 Å². The first-order valence-electron chi connectivity index (χ1n) is 8.64. The third kappa shape index (κ3) is 3.61. The summed E-state index contributed by atoms with van der Waals surface area (Å²) in [5, 5.41) is 4.64. The lowest BCUT2D eigenvalue weighted by Gasteiger charge is -2.24. The van der Waals surface area contributed by atoms with E-state index in [1.807, 2.05) is 6.92 Å². The van der Waals surface area contributed by atoms with Gasteiger partial charge >= 0.3 is 0 Å². The van der Waals surface area contributed by atoms with Crippen molar-refractivity contribution in [3.8, 4) is 0 Å². The minimum atomic E-state index is -3.58. The molecule has 1 N–H and O–H groups in total. The number of nitrogens with one attached hydrogen (secondary N) is 1. The Morgan fingerprint density at radius 3 is 2.65 bits per heavy atom. The first-order valence-corrected chi connectivity index (χ1v) is 10.1. The Morgan fingerprint density at radius 2 is 1.96 bits per heavy atom. The number of rotatable bonds is 4. The van der Waals surface area contributed by atoms with Crippen LogP contribution in [-0.2, 0) is 34.8 Å². The molecule has 0 amide bonds. The van der Waals surface area contributed by atoms with Crippen molar-refractivity contribution in [2.24, 2.45) is 13.0 Å². The van der Waals surface area contributed by atoms with Gasteiger partial charge in [0.05, 0.1) is 18.9 Å². The van der Waals surface area contributed by atoms with Gasteiger partial charge in [0.25, 0.3) is 10.0 Å². The maximum atomic E-state index is 12.9. The highest BCUT2D eigenvalue weighted by atomic mass is 32.2. The Hall–Kier alpha value is -0.920. The number of sulfonamides is 1. The number of hydrogen-bond acceptors (Lipinski definition) is 4. The number of hydrogen-bond donors (Lipinski definition) is 1. The van der Waals surface area contributed by atoms with Crippen molar-refractivity contribution in [1.82, 2.24) is 14.5 Å². The van der Waals surface area contributed by atoms with Crippen molar-refractivity contribution in [3.05, 3.63) is 11.3 Å². The van der Waals surface area contributed by atoms with Gasteiger partial charge in [-0.2, -0.15) is 5.10 Å². The molecule has 0 aromatic carbocycles. The molecular weight excluding hydrogens is 314 g/mol. The predicted molar refractivity (Wildman–Crippen MR) is 87.5 cm³/mol. The second-order valence-electron chi connectivity index (χ2n) is 6.82. The molecule has 130 valence electrons. The molecule has 1 fully saturated rings. The maximum absolute atomic E-state index is 12.9. The molecule has 7 heteroatoms. The summed E-state index contributed by atoms with van der Waals surface area (Å²) in [5.41, 5.74) is 1.57. The SMILES string of the molecule is C[C@H](NS(=O)(=O)c1c2c(nn1C)CCOC2)C1CCCCCC1. The number of aromatic nitrogens is 2. The van der Waals surface area contributed by atoms with E-state index in [0.29, 0.717) is 25.6 Å². The monoisotopic (exact) mass is 341 g/mol. The Balaban J connectivity index is 1.80. The summed E-state index contributed by atoms with van der Waals surface area (Å²) in [5.74, 6) is 0.424. The summed E-state index contributed by atoms with van der Waals surface area (Å²) in [7, 11) is -1.88. The van der Waals surface area contributed by atoms with E-state index in [9.17, 15) is 8.42 Å². The third-order valence-electron chi connectivity index (χ3n) is 5.10. The van der Waals surface area contributed by atoms with Gasteiger partial charge in [-0.1, -0.05) is 25.7 Å². The lowest BCUT2D eigenvalue weighted by molar-refractivity contribution is 0.108. The van der Waals surface area contributed by atoms with Crippen LogP contribution in [0.25, 0.3) is 0 Å². The molecule has 6 nitrogen and oxygen atoms in total. The van der Waals surface area contributed by atoms with Crippen molar-refractivity contribution < 1.29 is 13.2 Å². The summed E-state index contributed by atoms with van der Waals surface area (Å²) < 4.78 is 35.6. The fourth-order valence-electron chi connectivity index (χ4n) is 3.84. The van der Waals surface area contributed by atoms with Crippen molar-refractivity contribution >= 4 is 10.0 Å². The minimum Gasteiger partial charge on any atom is -0.376 e. The number of nitrogens with zero attached hydrogens (tertiary/aromatic N) is 2. The molecule has 0 bridgehead atoms. The largest absolute Gasteiger partial charge is 0.376 e. The second kappa shape index (κ2) is 6.91. The van der Waals surface area contributed by atoms with E-state index in [1.54, 1.807) is 7.05 Å². The summed E-state index contributed by atoms with van der Waals surface area (Å²) in [4.78, 5) is 0. The molecular formula is C16H27N3O3S. The molecule has 1 aromatic rings. The van der Waals surface area contributed by atoms with Crippen LogP contribution in [0.4, 0.5) is 0 Å². The molecule has 0 radical (unpaired) electrons. The first-order chi connectivity index (χ1) is 11.0. The zero-order valence-electron chi connectivity index (χ0n) is 14.0. The van der Waals surface area contributed by atoms with Crippen molar-refractivity contribution in [1.29, 1.82) is 0 Å². The summed E-state index contributed by atoms with van der Waals surface area (Å²) in [6.07, 6.45) is 7.83. The Morgan fingerprint density at radius 1 is 1.26 bits per heavy atom. The molecule has 1 aliphatic carbocycles. The average Bonchev–Trinajstić information content (AvgIpc) is 2.68. The van der Waals surface area contributed by atoms with E-state index in [0.717, 1.165) is 24.1 Å². The topological polar surface area (TPSA) is 73.2 Å². The minimum absolute atomic E-state index is 0.0480. The second-order valence-corrected chi connectivity index (χ2v) is 8.45. The predicted octanol–water partition coefficient (Wildman–Crippen LogP) is 2.13. The van der Waals surface area contributed by atoms with E-state index >= 15 is 0 Å². The lowest BCUT2D eigenvalue weighted by Crippen LogP contribution is -2.39. The molecule has 0 spiro atoms. The molecule has 0 saturated heterocycles. The highest BCUT2D eigenvalue weighted by Gasteiger charge is 2.31. The number of fused-ring (bicyclic) bond motifs is 1. The lowest BCUT2D eigenvalue weighted by atomic mass is 9.94. The van der Waals surface area contributed by atoms with Crippen LogP contribution in [0.2, 0.25) is 0 Å². The van der Waals surface area contributed by atoms with Crippen LogP contribution in [0, 0.1) is 5.92 Å². The van der Waals surface area contributed by atoms with Gasteiger partial charge < -0.3 is 4.74 Å². The maximum Gasteiger partial charge on any atom is 0.258 e. The molecule has 2 heterocycles. The van der Waals surface area contributed by atoms with Gasteiger partial charge in [-0.25, -0.2) is 13.1 Å². The highest BCUT2D eigenvalue weighted by molar-refractivity contribution is 7.89. The van der Waals surface area contributed by atoms with E-state index in [4.69, 9.17) is 4.74 Å². The van der Waals surface area contributed by atoms with Crippen molar-refractivity contribution in [2.45, 2.75) is 69.5 Å². The Kier molecular flexibility index (Phi) is 5.08. The third-order valence-corrected chi connectivity index (χ3v) is 6.81. The van der Waals surface area contributed by atoms with Gasteiger partial charge in [0.15, 0.2) is 5.03 Å². The standard InChI is InChI=1S/C16H27N3O3S/c1-12(13-7-5-3-4-6-8-13)18-23(20,21)16-14-11-22-10-9-15(14)17-19(16)2/h12-13,18H,3-11H2,1-2H3/t12-/m0/s1. The van der Waals surface area contributed by atoms with Gasteiger partial charge in [-0.3, -0.25) is 4.68 Å². The van der Waals surface area contributed by atoms with E-state index < -0.39 is 10.0 Å². The molecule has 0 unspecified atom stereocenters. The van der Waals surface area contributed by atoms with Gasteiger partial charge in [0.1, 0.15) is 0 Å². The van der Waals surface area contributed by atoms with E-state index in [2.05, 4.69) is 9.82 Å². The zero-order valence-corrected chi connectivity index (χ0v) is 14.9. The van der Waals surface area contributed by atoms with Crippen LogP contribution < -0.4 is 4.72 Å². The van der Waals surface area contributed by atoms with Crippen LogP contribution >= 0.6 is 0 Å². The molecule has 1 atom stereocenters. The first kappa shape index (κ1) is 16.9. The van der Waals surface area contributed by atoms with Gasteiger partial charge in [0.2, 0.25) is 0 Å². The smallest absolute Gasteiger partial charge is 0.258 e. The molecule has 1 saturated carbocycles. The number of aryl methyl sites for hydroxylation is 1.